The van der Waals surface area contributed by atoms with E-state index in [-0.39, 0.29) is 18.4 Å². The van der Waals surface area contributed by atoms with Crippen molar-refractivity contribution in [3.8, 4) is 5.75 Å². The van der Waals surface area contributed by atoms with Crippen LogP contribution in [0.4, 0.5) is 5.69 Å². The molecule has 0 atom stereocenters. The summed E-state index contributed by atoms with van der Waals surface area (Å²) < 4.78 is 11.9. The fraction of sp³-hybridized carbons (Fsp3) is 0.280. The number of para-hydroxylation sites is 1. The minimum absolute atomic E-state index is 0.260. The Hall–Kier alpha value is -3.06. The smallest absolute Gasteiger partial charge is 0.259 e. The van der Waals surface area contributed by atoms with Crippen LogP contribution in [-0.4, -0.2) is 18.4 Å². The van der Waals surface area contributed by atoms with Crippen molar-refractivity contribution in [1.29, 1.82) is 0 Å². The number of anilines is 1. The third kappa shape index (κ3) is 6.72. The number of rotatable bonds is 11. The maximum atomic E-state index is 13.1. The van der Waals surface area contributed by atoms with Gasteiger partial charge in [-0.25, -0.2) is 0 Å². The average Bonchev–Trinajstić information content (AvgIpc) is 3.32. The monoisotopic (exact) mass is 498 g/mol. The van der Waals surface area contributed by atoms with Gasteiger partial charge in [-0.2, -0.15) is 0 Å². The first-order valence-corrected chi connectivity index (χ1v) is 11.5. The number of hydrogen-bond donors (Lipinski definition) is 2. The fourth-order valence-corrected chi connectivity index (χ4v) is 3.53. The third-order valence-corrected chi connectivity index (χ3v) is 5.36. The van der Waals surface area contributed by atoms with E-state index in [9.17, 15) is 9.59 Å². The maximum Gasteiger partial charge on any atom is 0.259 e. The number of ether oxygens (including phenoxy) is 1. The van der Waals surface area contributed by atoms with Gasteiger partial charge in [-0.1, -0.05) is 54.2 Å². The zero-order valence-corrected chi connectivity index (χ0v) is 19.6. The molecular weight excluding hydrogens is 472 g/mol. The Bertz CT molecular complexity index is 1030. The van der Waals surface area contributed by atoms with Crippen molar-refractivity contribution in [2.24, 2.45) is 0 Å². The van der Waals surface area contributed by atoms with Crippen molar-refractivity contribution in [3.05, 3.63) is 82.2 Å². The van der Waals surface area contributed by atoms with Gasteiger partial charge in [-0.3, -0.25) is 9.59 Å². The Morgan fingerprint density at radius 1 is 0.969 bits per heavy atom. The van der Waals surface area contributed by atoms with Crippen molar-refractivity contribution in [1.82, 2.24) is 5.32 Å². The lowest BCUT2D eigenvalue weighted by Crippen LogP contribution is -2.24. The molecule has 6 nitrogen and oxygen atoms in total. The van der Waals surface area contributed by atoms with E-state index in [1.165, 1.54) is 0 Å². The van der Waals surface area contributed by atoms with Gasteiger partial charge in [0.25, 0.3) is 11.8 Å². The highest BCUT2D eigenvalue weighted by Gasteiger charge is 2.17. The first kappa shape index (κ1) is 23.6. The van der Waals surface area contributed by atoms with E-state index in [0.29, 0.717) is 34.9 Å². The van der Waals surface area contributed by atoms with Crippen LogP contribution in [0.25, 0.3) is 0 Å². The molecule has 0 aliphatic carbocycles. The van der Waals surface area contributed by atoms with Crippen molar-refractivity contribution in [2.45, 2.75) is 39.2 Å². The number of carbonyl (C=O) groups is 2. The number of carbonyl (C=O) groups excluding carboxylic acids is 2. The Labute approximate surface area is 196 Å². The lowest BCUT2D eigenvalue weighted by molar-refractivity contribution is 0.0949. The highest BCUT2D eigenvalue weighted by atomic mass is 79.9. The number of unbranched alkanes of at least 4 members (excludes halogenated alkanes) is 3. The second-order valence-electron chi connectivity index (χ2n) is 7.31. The van der Waals surface area contributed by atoms with E-state index in [4.69, 9.17) is 9.15 Å². The normalized spacial score (nSPS) is 10.6. The molecule has 32 heavy (non-hydrogen) atoms. The van der Waals surface area contributed by atoms with Gasteiger partial charge in [-0.05, 0) is 48.9 Å². The van der Waals surface area contributed by atoms with E-state index >= 15 is 0 Å². The quantitative estimate of drug-likeness (QED) is 0.309. The van der Waals surface area contributed by atoms with Crippen LogP contribution < -0.4 is 15.4 Å². The molecular formula is C25H27BrN2O4. The van der Waals surface area contributed by atoms with Crippen LogP contribution in [0.15, 0.2) is 69.8 Å². The van der Waals surface area contributed by atoms with Crippen LogP contribution in [0.3, 0.4) is 0 Å². The second kappa shape index (κ2) is 12.1. The summed E-state index contributed by atoms with van der Waals surface area (Å²) in [6, 6.07) is 15.8. The van der Waals surface area contributed by atoms with Crippen LogP contribution >= 0.6 is 15.9 Å². The van der Waals surface area contributed by atoms with E-state index < -0.39 is 0 Å². The summed E-state index contributed by atoms with van der Waals surface area (Å²) in [5, 5.41) is 5.66. The largest absolute Gasteiger partial charge is 0.493 e. The summed E-state index contributed by atoms with van der Waals surface area (Å²) in [6.45, 7) is 2.97. The molecule has 2 N–H and O–H groups in total. The summed E-state index contributed by atoms with van der Waals surface area (Å²) in [5.74, 6) is 0.511. The zero-order valence-electron chi connectivity index (χ0n) is 18.0. The van der Waals surface area contributed by atoms with Crippen LogP contribution in [0, 0.1) is 0 Å². The summed E-state index contributed by atoms with van der Waals surface area (Å²) >= 11 is 3.42. The fourth-order valence-electron chi connectivity index (χ4n) is 3.17. The number of halogens is 1. The molecule has 7 heteroatoms. The van der Waals surface area contributed by atoms with E-state index in [2.05, 4.69) is 33.5 Å². The SMILES string of the molecule is CCCCCCOc1ccc(Br)cc1C(=O)Nc1ccccc1C(=O)NCc1ccco1. The summed E-state index contributed by atoms with van der Waals surface area (Å²) in [7, 11) is 0. The molecule has 0 saturated carbocycles. The lowest BCUT2D eigenvalue weighted by atomic mass is 10.1. The van der Waals surface area contributed by atoms with Crippen LogP contribution in [0.5, 0.6) is 5.75 Å². The Balaban J connectivity index is 1.70. The molecule has 1 aromatic heterocycles. The molecule has 0 aliphatic rings. The molecule has 1 heterocycles. The zero-order chi connectivity index (χ0) is 22.8. The summed E-state index contributed by atoms with van der Waals surface area (Å²) in [5.41, 5.74) is 1.19. The molecule has 0 fully saturated rings. The molecule has 2 amide bonds. The van der Waals surface area contributed by atoms with Gasteiger partial charge in [-0.15, -0.1) is 0 Å². The molecule has 0 aliphatic heterocycles. The molecule has 3 rings (SSSR count). The molecule has 0 radical (unpaired) electrons. The van der Waals surface area contributed by atoms with Gasteiger partial charge in [0.15, 0.2) is 0 Å². The topological polar surface area (TPSA) is 80.6 Å². The standard InChI is InChI=1S/C25H27BrN2O4/c1-2-3-4-7-14-32-23-13-12-18(26)16-21(23)25(30)28-22-11-6-5-10-20(22)24(29)27-17-19-9-8-15-31-19/h5-6,8-13,15-16H,2-4,7,14,17H2,1H3,(H,27,29)(H,28,30). The first-order chi connectivity index (χ1) is 15.6. The lowest BCUT2D eigenvalue weighted by Gasteiger charge is -2.14. The number of benzene rings is 2. The predicted octanol–water partition coefficient (Wildman–Crippen LogP) is 6.18. The van der Waals surface area contributed by atoms with Crippen molar-refractivity contribution in [2.75, 3.05) is 11.9 Å². The van der Waals surface area contributed by atoms with Crippen LogP contribution in [0.2, 0.25) is 0 Å². The number of amides is 2. The van der Waals surface area contributed by atoms with Gasteiger partial charge in [0.1, 0.15) is 11.5 Å². The van der Waals surface area contributed by atoms with Crippen molar-refractivity contribution < 1.29 is 18.7 Å². The van der Waals surface area contributed by atoms with Crippen molar-refractivity contribution >= 4 is 33.4 Å². The molecule has 0 unspecified atom stereocenters. The highest BCUT2D eigenvalue weighted by Crippen LogP contribution is 2.26. The van der Waals surface area contributed by atoms with E-state index in [0.717, 1.165) is 30.2 Å². The molecule has 0 spiro atoms. The molecule has 2 aromatic carbocycles. The van der Waals surface area contributed by atoms with Gasteiger partial charge in [0, 0.05) is 4.47 Å². The van der Waals surface area contributed by atoms with E-state index in [1.807, 2.05) is 6.07 Å². The Morgan fingerprint density at radius 2 is 1.81 bits per heavy atom. The second-order valence-corrected chi connectivity index (χ2v) is 8.23. The van der Waals surface area contributed by atoms with Gasteiger partial charge in [0.05, 0.1) is 36.2 Å². The molecule has 0 bridgehead atoms. The molecule has 0 saturated heterocycles. The summed E-state index contributed by atoms with van der Waals surface area (Å²) in [4.78, 5) is 25.8. The minimum Gasteiger partial charge on any atom is -0.493 e. The number of furan rings is 1. The van der Waals surface area contributed by atoms with Gasteiger partial charge >= 0.3 is 0 Å². The summed E-state index contributed by atoms with van der Waals surface area (Å²) in [6.07, 6.45) is 5.89. The number of nitrogens with one attached hydrogen (secondary N) is 2. The van der Waals surface area contributed by atoms with Crippen LogP contribution in [-0.2, 0) is 6.54 Å². The number of hydrogen-bond acceptors (Lipinski definition) is 4. The Kier molecular flexibility index (Phi) is 8.92. The van der Waals surface area contributed by atoms with Crippen molar-refractivity contribution in [3.63, 3.8) is 0 Å². The predicted molar refractivity (Wildman–Crippen MR) is 128 cm³/mol. The molecule has 168 valence electrons. The Morgan fingerprint density at radius 3 is 2.59 bits per heavy atom. The highest BCUT2D eigenvalue weighted by molar-refractivity contribution is 9.10. The molecule has 3 aromatic rings. The van der Waals surface area contributed by atoms with Gasteiger partial charge in [0.2, 0.25) is 0 Å². The van der Waals surface area contributed by atoms with E-state index in [1.54, 1.807) is 54.8 Å². The van der Waals surface area contributed by atoms with Crippen LogP contribution in [0.1, 0.15) is 59.1 Å². The van der Waals surface area contributed by atoms with Gasteiger partial charge < -0.3 is 19.8 Å². The maximum absolute atomic E-state index is 13.1. The minimum atomic E-state index is -0.346. The third-order valence-electron chi connectivity index (χ3n) is 4.86. The average molecular weight is 499 g/mol. The first-order valence-electron chi connectivity index (χ1n) is 10.7.